The van der Waals surface area contributed by atoms with E-state index in [2.05, 4.69) is 15.3 Å². The van der Waals surface area contributed by atoms with Gasteiger partial charge in [-0.25, -0.2) is 9.97 Å². The Bertz CT molecular complexity index is 332. The van der Waals surface area contributed by atoms with Gasteiger partial charge in [-0.05, 0) is 6.42 Å². The Hall–Kier alpha value is -1.30. The van der Waals surface area contributed by atoms with E-state index < -0.39 is 0 Å². The molecule has 0 aliphatic heterocycles. The summed E-state index contributed by atoms with van der Waals surface area (Å²) in [6, 6.07) is 0. The van der Waals surface area contributed by atoms with Crippen molar-refractivity contribution < 1.29 is 4.79 Å². The van der Waals surface area contributed by atoms with Crippen molar-refractivity contribution in [1.29, 1.82) is 0 Å². The molecule has 0 radical (unpaired) electrons. The van der Waals surface area contributed by atoms with Crippen LogP contribution in [0.2, 0.25) is 0 Å². The van der Waals surface area contributed by atoms with Crippen molar-refractivity contribution in [3.63, 3.8) is 0 Å². The fraction of sp³-hybridized carbons (Fsp3) is 0.444. The standard InChI is InChI=1S/C9H14N4OS/c1-11-7(14)3-2-6-15-9-8(10)12-4-5-13-9/h4-5H,2-3,6H2,1H3,(H2,10,12)(H,11,14). The van der Waals surface area contributed by atoms with E-state index in [1.54, 1.807) is 19.4 Å². The first-order chi connectivity index (χ1) is 7.24. The van der Waals surface area contributed by atoms with Crippen molar-refractivity contribution in [3.8, 4) is 0 Å². The first-order valence-electron chi connectivity index (χ1n) is 4.64. The lowest BCUT2D eigenvalue weighted by molar-refractivity contribution is -0.120. The highest BCUT2D eigenvalue weighted by molar-refractivity contribution is 7.99. The Balaban J connectivity index is 2.26. The molecule has 0 bridgehead atoms. The maximum absolute atomic E-state index is 10.9. The number of hydrogen-bond donors (Lipinski definition) is 2. The average Bonchev–Trinajstić information content (AvgIpc) is 2.26. The Morgan fingerprint density at radius 3 is 2.93 bits per heavy atom. The van der Waals surface area contributed by atoms with E-state index in [-0.39, 0.29) is 5.91 Å². The van der Waals surface area contributed by atoms with Crippen molar-refractivity contribution in [3.05, 3.63) is 12.4 Å². The number of anilines is 1. The van der Waals surface area contributed by atoms with Gasteiger partial charge in [-0.1, -0.05) is 0 Å². The minimum Gasteiger partial charge on any atom is -0.381 e. The summed E-state index contributed by atoms with van der Waals surface area (Å²) in [4.78, 5) is 18.9. The summed E-state index contributed by atoms with van der Waals surface area (Å²) in [6.45, 7) is 0. The molecule has 0 aliphatic rings. The maximum Gasteiger partial charge on any atom is 0.219 e. The summed E-state index contributed by atoms with van der Waals surface area (Å²) in [6.07, 6.45) is 4.51. The minimum atomic E-state index is 0.0581. The molecule has 1 heterocycles. The highest BCUT2D eigenvalue weighted by atomic mass is 32.2. The van der Waals surface area contributed by atoms with Gasteiger partial charge in [0.2, 0.25) is 5.91 Å². The van der Waals surface area contributed by atoms with Crippen molar-refractivity contribution in [2.45, 2.75) is 17.9 Å². The van der Waals surface area contributed by atoms with Crippen molar-refractivity contribution in [2.24, 2.45) is 0 Å². The summed E-state index contributed by atoms with van der Waals surface area (Å²) >= 11 is 1.52. The smallest absolute Gasteiger partial charge is 0.219 e. The topological polar surface area (TPSA) is 80.9 Å². The minimum absolute atomic E-state index is 0.0581. The second-order valence-corrected chi connectivity index (χ2v) is 3.96. The second kappa shape index (κ2) is 6.23. The molecule has 1 aromatic rings. The van der Waals surface area contributed by atoms with E-state index in [4.69, 9.17) is 5.73 Å². The zero-order valence-corrected chi connectivity index (χ0v) is 9.38. The molecule has 5 nitrogen and oxygen atoms in total. The van der Waals surface area contributed by atoms with Gasteiger partial charge < -0.3 is 11.1 Å². The van der Waals surface area contributed by atoms with E-state index in [1.165, 1.54) is 11.8 Å². The molecule has 1 amide bonds. The molecular formula is C9H14N4OS. The third-order valence-electron chi connectivity index (χ3n) is 1.76. The molecule has 1 rings (SSSR count). The van der Waals surface area contributed by atoms with Crippen molar-refractivity contribution >= 4 is 23.5 Å². The van der Waals surface area contributed by atoms with E-state index in [0.717, 1.165) is 17.2 Å². The molecule has 1 aromatic heterocycles. The van der Waals surface area contributed by atoms with Crippen LogP contribution in [0.4, 0.5) is 5.82 Å². The van der Waals surface area contributed by atoms with Crippen LogP contribution in [0.1, 0.15) is 12.8 Å². The SMILES string of the molecule is CNC(=O)CCCSc1nccnc1N. The lowest BCUT2D eigenvalue weighted by Crippen LogP contribution is -2.17. The molecule has 3 N–H and O–H groups in total. The van der Waals surface area contributed by atoms with Gasteiger partial charge in [-0.2, -0.15) is 0 Å². The van der Waals surface area contributed by atoms with Crippen LogP contribution < -0.4 is 11.1 Å². The highest BCUT2D eigenvalue weighted by Gasteiger charge is 2.02. The molecule has 6 heteroatoms. The zero-order valence-electron chi connectivity index (χ0n) is 8.56. The van der Waals surface area contributed by atoms with Gasteiger partial charge in [-0.3, -0.25) is 4.79 Å². The van der Waals surface area contributed by atoms with Gasteiger partial charge in [0.1, 0.15) is 5.03 Å². The molecule has 0 saturated heterocycles. The number of nitrogens with one attached hydrogen (secondary N) is 1. The molecule has 0 atom stereocenters. The molecule has 0 aromatic carbocycles. The number of carbonyl (C=O) groups excluding carboxylic acids is 1. The number of thioether (sulfide) groups is 1. The third-order valence-corrected chi connectivity index (χ3v) is 2.84. The van der Waals surface area contributed by atoms with Crippen LogP contribution in [0.3, 0.4) is 0 Å². The summed E-state index contributed by atoms with van der Waals surface area (Å²) in [5.74, 6) is 1.32. The predicted octanol–water partition coefficient (Wildman–Crippen LogP) is 0.677. The van der Waals surface area contributed by atoms with E-state index in [1.807, 2.05) is 0 Å². The number of carbonyl (C=O) groups is 1. The van der Waals surface area contributed by atoms with E-state index >= 15 is 0 Å². The molecule has 0 aliphatic carbocycles. The molecule has 0 saturated carbocycles. The largest absolute Gasteiger partial charge is 0.381 e. The highest BCUT2D eigenvalue weighted by Crippen LogP contribution is 2.20. The molecule has 0 fully saturated rings. The van der Waals surface area contributed by atoms with Crippen LogP contribution in [-0.2, 0) is 4.79 Å². The van der Waals surface area contributed by atoms with E-state index in [0.29, 0.717) is 12.2 Å². The number of aromatic nitrogens is 2. The number of amides is 1. The van der Waals surface area contributed by atoms with Gasteiger partial charge in [0.15, 0.2) is 5.82 Å². The summed E-state index contributed by atoms with van der Waals surface area (Å²) in [5, 5.41) is 3.31. The summed E-state index contributed by atoms with van der Waals surface area (Å²) in [7, 11) is 1.64. The van der Waals surface area contributed by atoms with E-state index in [9.17, 15) is 4.79 Å². The maximum atomic E-state index is 10.9. The monoisotopic (exact) mass is 226 g/mol. The van der Waals surface area contributed by atoms with Crippen LogP contribution in [0.25, 0.3) is 0 Å². The fourth-order valence-corrected chi connectivity index (χ4v) is 1.79. The van der Waals surface area contributed by atoms with Crippen LogP contribution in [-0.4, -0.2) is 28.7 Å². The molecule has 82 valence electrons. The van der Waals surface area contributed by atoms with Crippen LogP contribution in [0.15, 0.2) is 17.4 Å². The Morgan fingerprint density at radius 1 is 1.53 bits per heavy atom. The van der Waals surface area contributed by atoms with Crippen LogP contribution in [0.5, 0.6) is 0 Å². The summed E-state index contributed by atoms with van der Waals surface area (Å²) < 4.78 is 0. The lowest BCUT2D eigenvalue weighted by atomic mass is 10.3. The van der Waals surface area contributed by atoms with Crippen LogP contribution >= 0.6 is 11.8 Å². The van der Waals surface area contributed by atoms with Gasteiger partial charge >= 0.3 is 0 Å². The summed E-state index contributed by atoms with van der Waals surface area (Å²) in [5.41, 5.74) is 5.62. The third kappa shape index (κ3) is 4.16. The molecular weight excluding hydrogens is 212 g/mol. The Morgan fingerprint density at radius 2 is 2.27 bits per heavy atom. The number of nitrogens with zero attached hydrogens (tertiary/aromatic N) is 2. The predicted molar refractivity (Wildman–Crippen MR) is 60.5 cm³/mol. The second-order valence-electron chi connectivity index (χ2n) is 2.87. The number of nitrogens with two attached hydrogens (primary N) is 1. The first kappa shape index (κ1) is 11.8. The van der Waals surface area contributed by atoms with Gasteiger partial charge in [0.05, 0.1) is 0 Å². The lowest BCUT2D eigenvalue weighted by Gasteiger charge is -2.02. The average molecular weight is 226 g/mol. The van der Waals surface area contributed by atoms with Gasteiger partial charge in [-0.15, -0.1) is 11.8 Å². The molecule has 15 heavy (non-hydrogen) atoms. The van der Waals surface area contributed by atoms with Crippen LogP contribution in [0, 0.1) is 0 Å². The zero-order chi connectivity index (χ0) is 11.1. The molecule has 0 unspecified atom stereocenters. The van der Waals surface area contributed by atoms with Gasteiger partial charge in [0, 0.05) is 31.6 Å². The number of hydrogen-bond acceptors (Lipinski definition) is 5. The number of rotatable bonds is 5. The number of nitrogen functional groups attached to an aromatic ring is 1. The quantitative estimate of drug-likeness (QED) is 0.570. The van der Waals surface area contributed by atoms with Crippen molar-refractivity contribution in [1.82, 2.24) is 15.3 Å². The fourth-order valence-electron chi connectivity index (χ4n) is 0.974. The Kier molecular flexibility index (Phi) is 4.89. The Labute approximate surface area is 92.9 Å². The van der Waals surface area contributed by atoms with Crippen molar-refractivity contribution in [2.75, 3.05) is 18.5 Å². The first-order valence-corrected chi connectivity index (χ1v) is 5.62. The molecule has 0 spiro atoms. The van der Waals surface area contributed by atoms with Gasteiger partial charge in [0.25, 0.3) is 0 Å². The normalized spacial score (nSPS) is 9.93.